The summed E-state index contributed by atoms with van der Waals surface area (Å²) in [6, 6.07) is 10.6. The molecular formula is C17H26OSe. The van der Waals surface area contributed by atoms with E-state index in [1.807, 2.05) is 0 Å². The number of benzene rings is 1. The first-order chi connectivity index (χ1) is 8.89. The van der Waals surface area contributed by atoms with Gasteiger partial charge in [-0.2, -0.15) is 0 Å². The summed E-state index contributed by atoms with van der Waals surface area (Å²) in [5.41, 5.74) is 0.00347. The Morgan fingerprint density at radius 3 is 2.26 bits per heavy atom. The molecule has 1 nitrogen and oxygen atoms in total. The van der Waals surface area contributed by atoms with Crippen LogP contribution in [0.25, 0.3) is 0 Å². The van der Waals surface area contributed by atoms with Crippen molar-refractivity contribution in [2.75, 3.05) is 0 Å². The monoisotopic (exact) mass is 326 g/mol. The van der Waals surface area contributed by atoms with E-state index in [-0.39, 0.29) is 0 Å². The Hall–Kier alpha value is -0.301. The molecule has 19 heavy (non-hydrogen) atoms. The second kappa shape index (κ2) is 5.99. The molecule has 1 saturated carbocycles. The zero-order valence-corrected chi connectivity index (χ0v) is 14.1. The summed E-state index contributed by atoms with van der Waals surface area (Å²) in [5, 5.41) is 11.7. The van der Waals surface area contributed by atoms with Crippen molar-refractivity contribution in [2.24, 2.45) is 11.3 Å². The zero-order chi connectivity index (χ0) is 13.9. The summed E-state index contributed by atoms with van der Waals surface area (Å²) in [7, 11) is 0. The third-order valence-corrected chi connectivity index (χ3v) is 7.09. The molecule has 2 rings (SSSR count). The van der Waals surface area contributed by atoms with E-state index < -0.39 is 5.60 Å². The summed E-state index contributed by atoms with van der Waals surface area (Å²) >= 11 is 0.407. The Bertz CT molecular complexity index is 385. The molecule has 0 amide bonds. The van der Waals surface area contributed by atoms with Crippen LogP contribution in [0.4, 0.5) is 0 Å². The minimum absolute atomic E-state index is 0.391. The van der Waals surface area contributed by atoms with Gasteiger partial charge in [0.05, 0.1) is 0 Å². The number of hydrogen-bond donors (Lipinski definition) is 1. The number of rotatable bonds is 3. The molecule has 1 aromatic rings. The van der Waals surface area contributed by atoms with Crippen LogP contribution in [-0.2, 0) is 0 Å². The molecule has 0 unspecified atom stereocenters. The molecule has 0 bridgehead atoms. The maximum atomic E-state index is 10.7. The molecule has 1 N–H and O–H groups in total. The van der Waals surface area contributed by atoms with E-state index in [0.29, 0.717) is 20.4 Å². The van der Waals surface area contributed by atoms with Crippen molar-refractivity contribution in [3.05, 3.63) is 30.3 Å². The van der Waals surface area contributed by atoms with Gasteiger partial charge < -0.3 is 0 Å². The first-order valence-corrected chi connectivity index (χ1v) is 9.36. The van der Waals surface area contributed by atoms with Gasteiger partial charge in [-0.25, -0.2) is 0 Å². The van der Waals surface area contributed by atoms with Gasteiger partial charge in [-0.1, -0.05) is 0 Å². The van der Waals surface area contributed by atoms with Crippen LogP contribution >= 0.6 is 0 Å². The summed E-state index contributed by atoms with van der Waals surface area (Å²) in [6.45, 7) is 6.99. The molecule has 1 aliphatic rings. The molecule has 0 aromatic heterocycles. The maximum absolute atomic E-state index is 10.7. The molecule has 0 atom stereocenters. The van der Waals surface area contributed by atoms with Gasteiger partial charge in [0.15, 0.2) is 0 Å². The Balaban J connectivity index is 1.85. The van der Waals surface area contributed by atoms with Crippen molar-refractivity contribution in [3.63, 3.8) is 0 Å². The minimum atomic E-state index is -0.391. The second-order valence-electron chi connectivity index (χ2n) is 6.97. The Kier molecular flexibility index (Phi) is 4.76. The summed E-state index contributed by atoms with van der Waals surface area (Å²) in [6.07, 6.45) is 4.35. The number of aliphatic hydroxyl groups is 1. The zero-order valence-electron chi connectivity index (χ0n) is 12.4. The van der Waals surface area contributed by atoms with E-state index >= 15 is 0 Å². The molecule has 0 aliphatic heterocycles. The van der Waals surface area contributed by atoms with E-state index in [4.69, 9.17) is 0 Å². The first-order valence-electron chi connectivity index (χ1n) is 7.29. The third-order valence-electron chi connectivity index (χ3n) is 4.39. The quantitative estimate of drug-likeness (QED) is 0.845. The van der Waals surface area contributed by atoms with Crippen molar-refractivity contribution in [1.29, 1.82) is 0 Å². The fraction of sp³-hybridized carbons (Fsp3) is 0.647. The first kappa shape index (κ1) is 15.1. The number of hydrogen-bond acceptors (Lipinski definition) is 1. The predicted octanol–water partition coefficient (Wildman–Crippen LogP) is 3.40. The van der Waals surface area contributed by atoms with Crippen LogP contribution in [0, 0.1) is 11.3 Å². The summed E-state index contributed by atoms with van der Waals surface area (Å²) < 4.78 is 1.40. The molecule has 0 heterocycles. The fourth-order valence-electron chi connectivity index (χ4n) is 2.90. The molecule has 0 radical (unpaired) electrons. The Morgan fingerprint density at radius 1 is 1.16 bits per heavy atom. The van der Waals surface area contributed by atoms with Gasteiger partial charge >= 0.3 is 124 Å². The molecule has 0 spiro atoms. The summed E-state index contributed by atoms with van der Waals surface area (Å²) in [4.78, 5) is 0. The topological polar surface area (TPSA) is 20.2 Å². The van der Waals surface area contributed by atoms with Crippen molar-refractivity contribution >= 4 is 19.4 Å². The third kappa shape index (κ3) is 4.34. The van der Waals surface area contributed by atoms with Gasteiger partial charge in [0, 0.05) is 0 Å². The SMILES string of the molecule is CC(C)(C)C1CCC(O)(C[Se]c2ccccc2)CC1. The molecule has 106 valence electrons. The van der Waals surface area contributed by atoms with Crippen molar-refractivity contribution in [3.8, 4) is 0 Å². The van der Waals surface area contributed by atoms with Crippen molar-refractivity contribution in [1.82, 2.24) is 0 Å². The van der Waals surface area contributed by atoms with Crippen LogP contribution in [-0.4, -0.2) is 25.7 Å². The second-order valence-corrected chi connectivity index (χ2v) is 9.17. The summed E-state index contributed by atoms with van der Waals surface area (Å²) in [5.74, 6) is 0.775. The standard InChI is InChI=1S/C17H26OSe/c1-16(2,3)14-9-11-17(18,12-10-14)13-19-15-7-5-4-6-8-15/h4-8,14,18H,9-13H2,1-3H3. The van der Waals surface area contributed by atoms with E-state index in [1.54, 1.807) is 0 Å². The van der Waals surface area contributed by atoms with Crippen LogP contribution in [0.15, 0.2) is 30.3 Å². The van der Waals surface area contributed by atoms with Gasteiger partial charge in [-0.05, 0) is 0 Å². The van der Waals surface area contributed by atoms with Gasteiger partial charge in [0.25, 0.3) is 0 Å². The fourth-order valence-corrected chi connectivity index (χ4v) is 5.15. The van der Waals surface area contributed by atoms with Crippen molar-refractivity contribution in [2.45, 2.75) is 57.4 Å². The van der Waals surface area contributed by atoms with E-state index in [1.165, 1.54) is 17.3 Å². The molecule has 0 saturated heterocycles. The molecule has 1 aliphatic carbocycles. The molecule has 1 fully saturated rings. The van der Waals surface area contributed by atoms with Crippen LogP contribution < -0.4 is 4.46 Å². The normalized spacial score (nSPS) is 28.3. The van der Waals surface area contributed by atoms with E-state index in [2.05, 4.69) is 51.1 Å². The average Bonchev–Trinajstić information content (AvgIpc) is 2.37. The Labute approximate surface area is 124 Å². The predicted molar refractivity (Wildman–Crippen MR) is 83.0 cm³/mol. The van der Waals surface area contributed by atoms with Crippen LogP contribution in [0.3, 0.4) is 0 Å². The van der Waals surface area contributed by atoms with Crippen LogP contribution in [0.2, 0.25) is 5.32 Å². The molecular weight excluding hydrogens is 299 g/mol. The van der Waals surface area contributed by atoms with Crippen LogP contribution in [0.1, 0.15) is 46.5 Å². The Morgan fingerprint density at radius 2 is 1.74 bits per heavy atom. The average molecular weight is 325 g/mol. The van der Waals surface area contributed by atoms with Gasteiger partial charge in [0.1, 0.15) is 0 Å². The van der Waals surface area contributed by atoms with E-state index in [0.717, 1.165) is 24.1 Å². The van der Waals surface area contributed by atoms with Crippen LogP contribution in [0.5, 0.6) is 0 Å². The molecule has 2 heteroatoms. The van der Waals surface area contributed by atoms with E-state index in [9.17, 15) is 5.11 Å². The van der Waals surface area contributed by atoms with Gasteiger partial charge in [-0.3, -0.25) is 0 Å². The van der Waals surface area contributed by atoms with Gasteiger partial charge in [-0.15, -0.1) is 0 Å². The van der Waals surface area contributed by atoms with Crippen molar-refractivity contribution < 1.29 is 5.11 Å². The van der Waals surface area contributed by atoms with Gasteiger partial charge in [0.2, 0.25) is 0 Å². The molecule has 1 aromatic carbocycles.